The number of amidine groups is 1. The Morgan fingerprint density at radius 3 is 2.61 bits per heavy atom. The summed E-state index contributed by atoms with van der Waals surface area (Å²) < 4.78 is 34.0. The summed E-state index contributed by atoms with van der Waals surface area (Å²) in [7, 11) is 0.285. The van der Waals surface area contributed by atoms with Crippen LogP contribution in [-0.4, -0.2) is 63.1 Å². The number of sulfone groups is 1. The third-order valence-corrected chi connectivity index (χ3v) is 8.73. The summed E-state index contributed by atoms with van der Waals surface area (Å²) in [6.07, 6.45) is 0.922. The Morgan fingerprint density at radius 2 is 1.91 bits per heavy atom. The highest BCUT2D eigenvalue weighted by molar-refractivity contribution is 8.15. The van der Waals surface area contributed by atoms with Crippen LogP contribution in [0.5, 0.6) is 11.5 Å². The number of rotatable bonds is 8. The largest absolute Gasteiger partial charge is 0.497 e. The monoisotopic (exact) mass is 489 g/mol. The van der Waals surface area contributed by atoms with Gasteiger partial charge in [0.25, 0.3) is 0 Å². The average molecular weight is 490 g/mol. The second-order valence-corrected chi connectivity index (χ2v) is 11.4. The molecule has 2 aromatic carbocycles. The van der Waals surface area contributed by atoms with Gasteiger partial charge in [0, 0.05) is 17.5 Å². The zero-order chi connectivity index (χ0) is 23.4. The van der Waals surface area contributed by atoms with Crippen LogP contribution in [0.1, 0.15) is 11.1 Å². The zero-order valence-electron chi connectivity index (χ0n) is 18.5. The summed E-state index contributed by atoms with van der Waals surface area (Å²) in [5.74, 6) is 1.79. The Bertz CT molecular complexity index is 1150. The van der Waals surface area contributed by atoms with Crippen LogP contribution in [0.4, 0.5) is 5.69 Å². The molecule has 2 aromatic rings. The van der Waals surface area contributed by atoms with Gasteiger partial charge in [-0.3, -0.25) is 9.79 Å². The van der Waals surface area contributed by atoms with Gasteiger partial charge >= 0.3 is 0 Å². The van der Waals surface area contributed by atoms with Crippen molar-refractivity contribution in [2.45, 2.75) is 24.1 Å². The number of nitrogens with one attached hydrogen (secondary N) is 2. The number of amides is 1. The van der Waals surface area contributed by atoms with Gasteiger partial charge in [-0.15, -0.1) is 0 Å². The Balaban J connectivity index is 1.24. The molecule has 4 rings (SSSR count). The van der Waals surface area contributed by atoms with Gasteiger partial charge in [0.05, 0.1) is 38.2 Å². The Labute approximate surface area is 198 Å². The third kappa shape index (κ3) is 6.00. The smallest absolute Gasteiger partial charge is 0.224 e. The topological polar surface area (TPSA) is 106 Å². The number of ether oxygens (including phenoxy) is 2. The van der Waals surface area contributed by atoms with Crippen molar-refractivity contribution in [3.8, 4) is 11.5 Å². The molecule has 10 heteroatoms. The Morgan fingerprint density at radius 1 is 1.12 bits per heavy atom. The molecule has 2 unspecified atom stereocenters. The van der Waals surface area contributed by atoms with Crippen LogP contribution in [0.2, 0.25) is 0 Å². The van der Waals surface area contributed by atoms with Gasteiger partial charge in [0.15, 0.2) is 15.0 Å². The number of anilines is 1. The first-order chi connectivity index (χ1) is 15.8. The lowest BCUT2D eigenvalue weighted by Crippen LogP contribution is -2.27. The molecule has 1 saturated heterocycles. The highest BCUT2D eigenvalue weighted by Crippen LogP contribution is 2.34. The van der Waals surface area contributed by atoms with E-state index < -0.39 is 9.84 Å². The van der Waals surface area contributed by atoms with Gasteiger partial charge in [-0.2, -0.15) is 0 Å². The van der Waals surface area contributed by atoms with E-state index in [-0.39, 0.29) is 35.1 Å². The van der Waals surface area contributed by atoms with E-state index in [1.54, 1.807) is 14.2 Å². The molecule has 0 spiro atoms. The van der Waals surface area contributed by atoms with Gasteiger partial charge in [-0.25, -0.2) is 8.42 Å². The van der Waals surface area contributed by atoms with Crippen molar-refractivity contribution >= 4 is 38.4 Å². The molecule has 33 heavy (non-hydrogen) atoms. The van der Waals surface area contributed by atoms with Crippen LogP contribution in [0.15, 0.2) is 47.5 Å². The average Bonchev–Trinajstić information content (AvgIpc) is 3.27. The molecule has 8 nitrogen and oxygen atoms in total. The summed E-state index contributed by atoms with van der Waals surface area (Å²) in [6.45, 7) is 0.497. The molecular weight excluding hydrogens is 462 g/mol. The number of nitrogens with zero attached hydrogens (tertiary/aromatic N) is 1. The Hall–Kier alpha value is -2.72. The maximum absolute atomic E-state index is 12.4. The van der Waals surface area contributed by atoms with Crippen molar-refractivity contribution < 1.29 is 22.7 Å². The predicted molar refractivity (Wildman–Crippen MR) is 131 cm³/mol. The van der Waals surface area contributed by atoms with Crippen LogP contribution in [0.3, 0.4) is 0 Å². The number of aliphatic imine (C=N–C) groups is 1. The van der Waals surface area contributed by atoms with E-state index >= 15 is 0 Å². The van der Waals surface area contributed by atoms with E-state index in [9.17, 15) is 13.2 Å². The minimum absolute atomic E-state index is 0.0115. The first kappa shape index (κ1) is 23.4. The summed E-state index contributed by atoms with van der Waals surface area (Å²) in [5, 5.41) is 6.95. The number of methoxy groups -OCH3 is 2. The van der Waals surface area contributed by atoms with E-state index in [0.717, 1.165) is 33.5 Å². The molecule has 176 valence electrons. The molecule has 2 heterocycles. The maximum Gasteiger partial charge on any atom is 0.224 e. The minimum atomic E-state index is -2.95. The summed E-state index contributed by atoms with van der Waals surface area (Å²) in [6, 6.07) is 13.1. The van der Waals surface area contributed by atoms with E-state index in [0.29, 0.717) is 13.0 Å². The van der Waals surface area contributed by atoms with Gasteiger partial charge < -0.3 is 20.1 Å². The van der Waals surface area contributed by atoms with Crippen LogP contribution in [0.25, 0.3) is 0 Å². The van der Waals surface area contributed by atoms with E-state index in [1.165, 1.54) is 11.8 Å². The molecule has 2 N–H and O–H groups in total. The van der Waals surface area contributed by atoms with E-state index in [4.69, 9.17) is 9.47 Å². The second-order valence-electron chi connectivity index (χ2n) is 8.01. The quantitative estimate of drug-likeness (QED) is 0.586. The van der Waals surface area contributed by atoms with Gasteiger partial charge in [0.2, 0.25) is 5.91 Å². The molecule has 0 aliphatic carbocycles. The number of fused-ring (bicyclic) bond motifs is 1. The molecule has 0 radical (unpaired) electrons. The molecule has 0 bridgehead atoms. The van der Waals surface area contributed by atoms with Crippen molar-refractivity contribution in [1.82, 2.24) is 5.32 Å². The van der Waals surface area contributed by atoms with Crippen LogP contribution in [-0.2, 0) is 27.5 Å². The number of carbonyl (C=O) groups is 1. The lowest BCUT2D eigenvalue weighted by atomic mass is 10.1. The molecule has 2 aliphatic heterocycles. The fourth-order valence-corrected chi connectivity index (χ4v) is 7.58. The number of hydrogen-bond donors (Lipinski definition) is 2. The minimum Gasteiger partial charge on any atom is -0.497 e. The highest BCUT2D eigenvalue weighted by Gasteiger charge is 2.42. The van der Waals surface area contributed by atoms with Crippen molar-refractivity contribution in [2.24, 2.45) is 4.99 Å². The van der Waals surface area contributed by atoms with Crippen molar-refractivity contribution in [3.05, 3.63) is 53.6 Å². The summed E-state index contributed by atoms with van der Waals surface area (Å²) in [5.41, 5.74) is 2.74. The molecule has 1 amide bonds. The van der Waals surface area contributed by atoms with Crippen LogP contribution >= 0.6 is 11.8 Å². The number of carbonyl (C=O) groups excluding carboxylic acids is 1. The molecule has 2 atom stereocenters. The van der Waals surface area contributed by atoms with E-state index in [1.807, 2.05) is 42.5 Å². The number of thioether (sulfide) groups is 1. The third-order valence-electron chi connectivity index (χ3n) is 5.59. The standard InChI is InChI=1S/C23H27N3O5S2/c1-30-18-7-8-20(31-2)16(12-18)9-10-24-22(27)11-15-3-5-17(6-4-15)25-23-26-19-13-33(28,29)14-21(19)32-23/h3-8,12,19,21H,9-11,13-14H2,1-2H3,(H,24,27)(H,25,26). The molecule has 1 fully saturated rings. The van der Waals surface area contributed by atoms with E-state index in [2.05, 4.69) is 15.6 Å². The van der Waals surface area contributed by atoms with Crippen molar-refractivity contribution in [1.29, 1.82) is 0 Å². The zero-order valence-corrected chi connectivity index (χ0v) is 20.2. The van der Waals surface area contributed by atoms with Gasteiger partial charge in [0.1, 0.15) is 11.5 Å². The molecule has 0 aromatic heterocycles. The number of hydrogen-bond acceptors (Lipinski definition) is 8. The molecule has 0 saturated carbocycles. The predicted octanol–water partition coefficient (Wildman–Crippen LogP) is 2.29. The normalized spacial score (nSPS) is 20.6. The van der Waals surface area contributed by atoms with Crippen LogP contribution in [0, 0.1) is 0 Å². The molecular formula is C23H27N3O5S2. The van der Waals surface area contributed by atoms with Gasteiger partial charge in [-0.05, 0) is 47.9 Å². The van der Waals surface area contributed by atoms with Crippen LogP contribution < -0.4 is 20.1 Å². The second kappa shape index (κ2) is 10.0. The maximum atomic E-state index is 12.4. The van der Waals surface area contributed by atoms with Gasteiger partial charge in [-0.1, -0.05) is 23.9 Å². The van der Waals surface area contributed by atoms with Crippen molar-refractivity contribution in [3.63, 3.8) is 0 Å². The lowest BCUT2D eigenvalue weighted by Gasteiger charge is -2.11. The SMILES string of the molecule is COc1ccc(OC)c(CCNC(=O)Cc2ccc(NC3=NC4CS(=O)(=O)CC4S3)cc2)c1. The first-order valence-corrected chi connectivity index (χ1v) is 13.3. The molecule has 2 aliphatic rings. The fourth-order valence-electron chi connectivity index (χ4n) is 3.91. The number of benzene rings is 2. The first-order valence-electron chi connectivity index (χ1n) is 10.6. The van der Waals surface area contributed by atoms with Crippen molar-refractivity contribution in [2.75, 3.05) is 37.6 Å². The highest BCUT2D eigenvalue weighted by atomic mass is 32.2. The summed E-state index contributed by atoms with van der Waals surface area (Å²) in [4.78, 5) is 16.9. The Kier molecular flexibility index (Phi) is 7.14. The lowest BCUT2D eigenvalue weighted by molar-refractivity contribution is -0.120. The fraction of sp³-hybridized carbons (Fsp3) is 0.391. The summed E-state index contributed by atoms with van der Waals surface area (Å²) >= 11 is 1.48.